The van der Waals surface area contributed by atoms with Crippen LogP contribution in [0.25, 0.3) is 11.0 Å². The van der Waals surface area contributed by atoms with Crippen molar-refractivity contribution in [1.29, 1.82) is 0 Å². The van der Waals surface area contributed by atoms with Gasteiger partial charge >= 0.3 is 5.69 Å². The van der Waals surface area contributed by atoms with Crippen LogP contribution in [0.3, 0.4) is 0 Å². The van der Waals surface area contributed by atoms with Gasteiger partial charge in [0.15, 0.2) is 0 Å². The molecule has 4 atom stereocenters. The average Bonchev–Trinajstić information content (AvgIpc) is 3.31. The fourth-order valence-electron chi connectivity index (χ4n) is 6.87. The van der Waals surface area contributed by atoms with Crippen molar-refractivity contribution >= 4 is 11.0 Å². The van der Waals surface area contributed by atoms with Gasteiger partial charge in [0.1, 0.15) is 5.60 Å². The van der Waals surface area contributed by atoms with Crippen LogP contribution in [0.1, 0.15) is 30.4 Å². The number of para-hydroxylation sites is 1. The van der Waals surface area contributed by atoms with Crippen LogP contribution < -0.4 is 5.69 Å². The SMILES string of the molecule is COC1(c2cccc3[nH]c(=O)[nH]c23)C2CCCC23C1CN3Cc1ccccc1. The lowest BCUT2D eigenvalue weighted by molar-refractivity contribution is -0.334. The minimum absolute atomic E-state index is 0.148. The van der Waals surface area contributed by atoms with E-state index in [1.54, 1.807) is 0 Å². The second-order valence-corrected chi connectivity index (χ2v) is 8.66. The summed E-state index contributed by atoms with van der Waals surface area (Å²) in [6.45, 7) is 2.06. The standard InChI is InChI=1S/C23H25N3O2/c1-28-23(16-9-5-10-17-20(16)25-21(27)24-17)18-11-6-12-22(18)19(23)14-26(22)13-15-7-3-2-4-8-15/h2-5,7-10,18-19H,6,11-14H2,1H3,(H2,24,25,27). The van der Waals surface area contributed by atoms with Crippen molar-refractivity contribution in [2.45, 2.75) is 36.9 Å². The van der Waals surface area contributed by atoms with Gasteiger partial charge in [-0.1, -0.05) is 48.9 Å². The highest BCUT2D eigenvalue weighted by Crippen LogP contribution is 2.74. The Balaban J connectivity index is 1.42. The molecule has 1 saturated heterocycles. The van der Waals surface area contributed by atoms with E-state index in [2.05, 4.69) is 51.3 Å². The number of ether oxygens (including phenoxy) is 1. The number of nitrogens with zero attached hydrogens (tertiary/aromatic N) is 1. The zero-order chi connectivity index (χ0) is 18.9. The lowest BCUT2D eigenvalue weighted by Gasteiger charge is -2.76. The van der Waals surface area contributed by atoms with Gasteiger partial charge in [-0.25, -0.2) is 4.79 Å². The van der Waals surface area contributed by atoms with Crippen molar-refractivity contribution < 1.29 is 4.74 Å². The smallest absolute Gasteiger partial charge is 0.323 e. The maximum absolute atomic E-state index is 11.9. The minimum Gasteiger partial charge on any atom is -0.373 e. The van der Waals surface area contributed by atoms with Crippen LogP contribution >= 0.6 is 0 Å². The molecule has 1 aromatic heterocycles. The van der Waals surface area contributed by atoms with Crippen molar-refractivity contribution in [2.75, 3.05) is 13.7 Å². The van der Waals surface area contributed by atoms with E-state index in [4.69, 9.17) is 4.74 Å². The molecule has 3 aromatic rings. The molecular weight excluding hydrogens is 350 g/mol. The largest absolute Gasteiger partial charge is 0.373 e. The number of rotatable bonds is 4. The summed E-state index contributed by atoms with van der Waals surface area (Å²) in [5, 5.41) is 0. The van der Waals surface area contributed by atoms with Gasteiger partial charge in [-0.05, 0) is 24.5 Å². The number of fused-ring (bicyclic) bond motifs is 1. The summed E-state index contributed by atoms with van der Waals surface area (Å²) in [6.07, 6.45) is 3.68. The third-order valence-corrected chi connectivity index (χ3v) is 7.83. The summed E-state index contributed by atoms with van der Waals surface area (Å²) in [5.74, 6) is 0.946. The van der Waals surface area contributed by atoms with Crippen LogP contribution in [0.5, 0.6) is 0 Å². The van der Waals surface area contributed by atoms with E-state index in [1.165, 1.54) is 24.8 Å². The first-order valence-corrected chi connectivity index (χ1v) is 10.3. The Morgan fingerprint density at radius 1 is 1.11 bits per heavy atom. The van der Waals surface area contributed by atoms with E-state index in [0.717, 1.165) is 29.7 Å². The van der Waals surface area contributed by atoms with E-state index >= 15 is 0 Å². The fourth-order valence-corrected chi connectivity index (χ4v) is 6.87. The minimum atomic E-state index is -0.297. The number of nitrogens with one attached hydrogen (secondary N) is 2. The highest BCUT2D eigenvalue weighted by Gasteiger charge is 2.80. The highest BCUT2D eigenvalue weighted by molar-refractivity contribution is 5.80. The summed E-state index contributed by atoms with van der Waals surface area (Å²) < 4.78 is 6.36. The van der Waals surface area contributed by atoms with E-state index in [1.807, 2.05) is 19.2 Å². The molecule has 5 heteroatoms. The molecule has 0 radical (unpaired) electrons. The van der Waals surface area contributed by atoms with Gasteiger partial charge < -0.3 is 14.7 Å². The molecule has 2 saturated carbocycles. The molecular formula is C23H25N3O2. The monoisotopic (exact) mass is 375 g/mol. The van der Waals surface area contributed by atoms with E-state index in [9.17, 15) is 4.79 Å². The van der Waals surface area contributed by atoms with Crippen LogP contribution in [-0.2, 0) is 16.9 Å². The molecule has 28 heavy (non-hydrogen) atoms. The molecule has 2 N–H and O–H groups in total. The Hall–Kier alpha value is -2.37. The highest BCUT2D eigenvalue weighted by atomic mass is 16.5. The summed E-state index contributed by atoms with van der Waals surface area (Å²) in [7, 11) is 1.85. The molecule has 5 nitrogen and oxygen atoms in total. The van der Waals surface area contributed by atoms with Gasteiger partial charge in [0.05, 0.1) is 11.0 Å². The molecule has 6 rings (SSSR count). The second-order valence-electron chi connectivity index (χ2n) is 8.66. The maximum atomic E-state index is 11.9. The topological polar surface area (TPSA) is 61.1 Å². The predicted octanol–water partition coefficient (Wildman–Crippen LogP) is 3.38. The van der Waals surface area contributed by atoms with Gasteiger partial charge in [-0.15, -0.1) is 0 Å². The number of aromatic amines is 2. The Kier molecular flexibility index (Phi) is 3.30. The molecule has 2 heterocycles. The van der Waals surface area contributed by atoms with Crippen molar-refractivity contribution in [1.82, 2.24) is 14.9 Å². The zero-order valence-electron chi connectivity index (χ0n) is 16.1. The van der Waals surface area contributed by atoms with Crippen LogP contribution in [-0.4, -0.2) is 34.1 Å². The Bertz CT molecular complexity index is 1100. The Morgan fingerprint density at radius 2 is 1.96 bits per heavy atom. The third-order valence-electron chi connectivity index (χ3n) is 7.83. The quantitative estimate of drug-likeness (QED) is 0.735. The molecule has 3 aliphatic rings. The molecule has 0 amide bonds. The van der Waals surface area contributed by atoms with Gasteiger partial charge in [-0.2, -0.15) is 0 Å². The lowest BCUT2D eigenvalue weighted by atomic mass is 9.42. The first-order valence-electron chi connectivity index (χ1n) is 10.3. The van der Waals surface area contributed by atoms with Crippen molar-refractivity contribution in [2.24, 2.45) is 11.8 Å². The maximum Gasteiger partial charge on any atom is 0.323 e. The molecule has 0 bridgehead atoms. The molecule has 2 aromatic carbocycles. The van der Waals surface area contributed by atoms with Crippen molar-refractivity contribution in [3.8, 4) is 0 Å². The fraction of sp³-hybridized carbons (Fsp3) is 0.435. The second kappa shape index (κ2) is 5.58. The lowest BCUT2D eigenvalue weighted by Crippen LogP contribution is -2.85. The third kappa shape index (κ3) is 1.82. The Labute approximate surface area is 163 Å². The summed E-state index contributed by atoms with van der Waals surface area (Å²) in [5.41, 5.74) is 4.13. The van der Waals surface area contributed by atoms with Crippen LogP contribution in [0.15, 0.2) is 53.3 Å². The number of methoxy groups -OCH3 is 1. The number of hydrogen-bond acceptors (Lipinski definition) is 3. The van der Waals surface area contributed by atoms with Crippen LogP contribution in [0.4, 0.5) is 0 Å². The predicted molar refractivity (Wildman–Crippen MR) is 108 cm³/mol. The van der Waals surface area contributed by atoms with E-state index in [-0.39, 0.29) is 16.8 Å². The average molecular weight is 375 g/mol. The molecule has 3 fully saturated rings. The summed E-state index contributed by atoms with van der Waals surface area (Å²) in [6, 6.07) is 16.9. The first-order chi connectivity index (χ1) is 13.7. The van der Waals surface area contributed by atoms with Crippen LogP contribution in [0, 0.1) is 11.8 Å². The molecule has 2 aliphatic carbocycles. The molecule has 1 aliphatic heterocycles. The Morgan fingerprint density at radius 3 is 2.79 bits per heavy atom. The van der Waals surface area contributed by atoms with Gasteiger partial charge in [0, 0.05) is 43.1 Å². The van der Waals surface area contributed by atoms with E-state index < -0.39 is 0 Å². The van der Waals surface area contributed by atoms with Gasteiger partial charge in [0.25, 0.3) is 0 Å². The summed E-state index contributed by atoms with van der Waals surface area (Å²) in [4.78, 5) is 20.6. The normalized spacial score (nSPS) is 33.9. The number of aromatic nitrogens is 2. The molecule has 144 valence electrons. The van der Waals surface area contributed by atoms with E-state index in [0.29, 0.717) is 11.8 Å². The number of piperidine rings is 1. The number of H-pyrrole nitrogens is 2. The van der Waals surface area contributed by atoms with Crippen LogP contribution in [0.2, 0.25) is 0 Å². The first kappa shape index (κ1) is 16.6. The number of imidazole rings is 1. The molecule has 4 unspecified atom stereocenters. The van der Waals surface area contributed by atoms with Gasteiger partial charge in [0.2, 0.25) is 0 Å². The summed E-state index contributed by atoms with van der Waals surface area (Å²) >= 11 is 0. The van der Waals surface area contributed by atoms with Crippen molar-refractivity contribution in [3.63, 3.8) is 0 Å². The number of benzene rings is 2. The molecule has 1 spiro atoms. The van der Waals surface area contributed by atoms with Gasteiger partial charge in [-0.3, -0.25) is 4.90 Å². The zero-order valence-corrected chi connectivity index (χ0v) is 16.1. The number of hydrogen-bond donors (Lipinski definition) is 2. The number of likely N-dealkylation sites (tertiary alicyclic amines) is 1. The van der Waals surface area contributed by atoms with Crippen molar-refractivity contribution in [3.05, 3.63) is 70.1 Å².